The van der Waals surface area contributed by atoms with Crippen LogP contribution in [0.5, 0.6) is 11.5 Å². The van der Waals surface area contributed by atoms with Crippen molar-refractivity contribution in [1.29, 1.82) is 0 Å². The molecule has 31 heavy (non-hydrogen) atoms. The minimum absolute atomic E-state index is 0.0478. The minimum Gasteiger partial charge on any atom is -0.507 e. The standard InChI is InChI=1S/C24H20N2O5/c1-30-18-11-5-3-9-16(18)22(27)20-21(15-8-7-13-25-14-15)26(24(29)23(20)28)17-10-4-6-12-19(17)31-2/h3-14,21,27H,1-2H3/b22-20-. The molecular weight excluding hydrogens is 396 g/mol. The van der Waals surface area contributed by atoms with E-state index in [1.807, 2.05) is 0 Å². The lowest BCUT2D eigenvalue weighted by molar-refractivity contribution is -0.132. The summed E-state index contributed by atoms with van der Waals surface area (Å²) in [6.07, 6.45) is 3.16. The SMILES string of the molecule is COc1ccccc1/C(O)=C1/C(=O)C(=O)N(c2ccccc2OC)C1c1cccnc1. The molecule has 0 aliphatic carbocycles. The maximum atomic E-state index is 13.2. The van der Waals surface area contributed by atoms with E-state index >= 15 is 0 Å². The number of para-hydroxylation sites is 3. The molecule has 1 aliphatic rings. The van der Waals surface area contributed by atoms with Crippen LogP contribution in [0.3, 0.4) is 0 Å². The van der Waals surface area contributed by atoms with Gasteiger partial charge in [-0.25, -0.2) is 0 Å². The summed E-state index contributed by atoms with van der Waals surface area (Å²) in [4.78, 5) is 31.8. The van der Waals surface area contributed by atoms with Gasteiger partial charge in [-0.1, -0.05) is 30.3 Å². The van der Waals surface area contributed by atoms with E-state index in [9.17, 15) is 14.7 Å². The molecular formula is C24H20N2O5. The molecule has 1 aliphatic heterocycles. The molecule has 2 aromatic carbocycles. The maximum absolute atomic E-state index is 13.2. The number of aliphatic hydroxyl groups is 1. The minimum atomic E-state index is -0.894. The van der Waals surface area contributed by atoms with Gasteiger partial charge in [0.2, 0.25) is 0 Å². The number of aromatic nitrogens is 1. The van der Waals surface area contributed by atoms with E-state index < -0.39 is 17.7 Å². The van der Waals surface area contributed by atoms with Crippen LogP contribution in [0, 0.1) is 0 Å². The highest BCUT2D eigenvalue weighted by Gasteiger charge is 2.48. The number of amides is 1. The van der Waals surface area contributed by atoms with Crippen LogP contribution in [-0.2, 0) is 9.59 Å². The summed E-state index contributed by atoms with van der Waals surface area (Å²) < 4.78 is 10.8. The number of aliphatic hydroxyl groups excluding tert-OH is 1. The lowest BCUT2D eigenvalue weighted by Gasteiger charge is -2.26. The third-order valence-electron chi connectivity index (χ3n) is 5.15. The highest BCUT2D eigenvalue weighted by molar-refractivity contribution is 6.52. The van der Waals surface area contributed by atoms with Gasteiger partial charge in [0, 0.05) is 12.4 Å². The second kappa shape index (κ2) is 8.31. The number of hydrogen-bond donors (Lipinski definition) is 1. The van der Waals surface area contributed by atoms with E-state index in [-0.39, 0.29) is 11.3 Å². The first-order chi connectivity index (χ1) is 15.1. The molecule has 0 bridgehead atoms. The van der Waals surface area contributed by atoms with Crippen molar-refractivity contribution in [2.75, 3.05) is 19.1 Å². The largest absolute Gasteiger partial charge is 0.507 e. The Kier molecular flexibility index (Phi) is 5.41. The van der Waals surface area contributed by atoms with Crippen LogP contribution in [0.4, 0.5) is 5.69 Å². The third kappa shape index (κ3) is 3.40. The second-order valence-corrected chi connectivity index (χ2v) is 6.83. The van der Waals surface area contributed by atoms with E-state index in [4.69, 9.17) is 9.47 Å². The molecule has 1 amide bonds. The fourth-order valence-corrected chi connectivity index (χ4v) is 3.75. The molecule has 1 saturated heterocycles. The van der Waals surface area contributed by atoms with Crippen molar-refractivity contribution in [2.45, 2.75) is 6.04 Å². The maximum Gasteiger partial charge on any atom is 0.300 e. The molecule has 1 unspecified atom stereocenters. The highest BCUT2D eigenvalue weighted by atomic mass is 16.5. The Morgan fingerprint density at radius 1 is 0.935 bits per heavy atom. The number of carbonyl (C=O) groups excluding carboxylic acids is 2. The molecule has 1 N–H and O–H groups in total. The predicted octanol–water partition coefficient (Wildman–Crippen LogP) is 3.73. The van der Waals surface area contributed by atoms with Crippen molar-refractivity contribution >= 4 is 23.1 Å². The van der Waals surface area contributed by atoms with E-state index in [0.717, 1.165) is 0 Å². The van der Waals surface area contributed by atoms with Gasteiger partial charge in [0.25, 0.3) is 11.7 Å². The van der Waals surface area contributed by atoms with Gasteiger partial charge < -0.3 is 14.6 Å². The van der Waals surface area contributed by atoms with E-state index in [1.165, 1.54) is 19.1 Å². The Bertz CT molecular complexity index is 1170. The van der Waals surface area contributed by atoms with Crippen molar-refractivity contribution in [3.05, 3.63) is 89.8 Å². The van der Waals surface area contributed by atoms with E-state index in [2.05, 4.69) is 4.98 Å². The first kappa shape index (κ1) is 20.2. The summed E-state index contributed by atoms with van der Waals surface area (Å²) in [7, 11) is 2.96. The zero-order valence-electron chi connectivity index (χ0n) is 17.0. The lowest BCUT2D eigenvalue weighted by atomic mass is 9.96. The molecule has 0 radical (unpaired) electrons. The second-order valence-electron chi connectivity index (χ2n) is 6.83. The van der Waals surface area contributed by atoms with Crippen LogP contribution in [0.15, 0.2) is 78.6 Å². The van der Waals surface area contributed by atoms with Crippen molar-refractivity contribution < 1.29 is 24.2 Å². The fraction of sp³-hybridized carbons (Fsp3) is 0.125. The number of nitrogens with zero attached hydrogens (tertiary/aromatic N) is 2. The summed E-state index contributed by atoms with van der Waals surface area (Å²) in [5, 5.41) is 11.2. The molecule has 1 fully saturated rings. The number of pyridine rings is 1. The zero-order chi connectivity index (χ0) is 22.0. The number of anilines is 1. The molecule has 0 spiro atoms. The Morgan fingerprint density at radius 3 is 2.29 bits per heavy atom. The molecule has 1 atom stereocenters. The first-order valence-electron chi connectivity index (χ1n) is 9.55. The van der Waals surface area contributed by atoms with Gasteiger partial charge in [0.1, 0.15) is 17.3 Å². The van der Waals surface area contributed by atoms with Crippen LogP contribution < -0.4 is 14.4 Å². The predicted molar refractivity (Wildman–Crippen MR) is 115 cm³/mol. The number of ketones is 1. The number of benzene rings is 2. The summed E-state index contributed by atoms with van der Waals surface area (Å²) in [6, 6.07) is 16.2. The summed E-state index contributed by atoms with van der Waals surface area (Å²) in [5.41, 5.74) is 1.26. The monoisotopic (exact) mass is 416 g/mol. The molecule has 3 aromatic rings. The normalized spacial score (nSPS) is 17.6. The van der Waals surface area contributed by atoms with E-state index in [0.29, 0.717) is 28.3 Å². The van der Waals surface area contributed by atoms with Crippen LogP contribution in [0.1, 0.15) is 17.2 Å². The average molecular weight is 416 g/mol. The van der Waals surface area contributed by atoms with Crippen LogP contribution in [0.2, 0.25) is 0 Å². The van der Waals surface area contributed by atoms with Gasteiger partial charge in [-0.15, -0.1) is 0 Å². The van der Waals surface area contributed by atoms with Gasteiger partial charge in [-0.3, -0.25) is 19.5 Å². The van der Waals surface area contributed by atoms with Gasteiger partial charge in [-0.2, -0.15) is 0 Å². The van der Waals surface area contributed by atoms with Gasteiger partial charge >= 0.3 is 0 Å². The molecule has 156 valence electrons. The van der Waals surface area contributed by atoms with Crippen LogP contribution in [-0.4, -0.2) is 36.0 Å². The molecule has 7 heteroatoms. The van der Waals surface area contributed by atoms with E-state index in [1.54, 1.807) is 73.1 Å². The van der Waals surface area contributed by atoms with Crippen LogP contribution in [0.25, 0.3) is 5.76 Å². The molecule has 2 heterocycles. The van der Waals surface area contributed by atoms with Crippen LogP contribution >= 0.6 is 0 Å². The summed E-state index contributed by atoms with van der Waals surface area (Å²) >= 11 is 0. The van der Waals surface area contributed by atoms with Crippen molar-refractivity contribution in [3.63, 3.8) is 0 Å². The van der Waals surface area contributed by atoms with Crippen molar-refractivity contribution in [2.24, 2.45) is 0 Å². The van der Waals surface area contributed by atoms with Gasteiger partial charge in [-0.05, 0) is 35.9 Å². The quantitative estimate of drug-likeness (QED) is 0.387. The zero-order valence-corrected chi connectivity index (χ0v) is 17.0. The number of hydrogen-bond acceptors (Lipinski definition) is 6. The highest BCUT2D eigenvalue weighted by Crippen LogP contribution is 2.45. The topological polar surface area (TPSA) is 89.0 Å². The Balaban J connectivity index is 1.99. The molecule has 4 rings (SSSR count). The fourth-order valence-electron chi connectivity index (χ4n) is 3.75. The first-order valence-corrected chi connectivity index (χ1v) is 9.55. The van der Waals surface area contributed by atoms with Crippen molar-refractivity contribution in [1.82, 2.24) is 4.98 Å². The average Bonchev–Trinajstić information content (AvgIpc) is 3.09. The Morgan fingerprint density at radius 2 is 1.61 bits per heavy atom. The Labute approximate surface area is 179 Å². The summed E-state index contributed by atoms with van der Waals surface area (Å²) in [5.74, 6) is -1.08. The lowest BCUT2D eigenvalue weighted by Crippen LogP contribution is -2.29. The van der Waals surface area contributed by atoms with Crippen molar-refractivity contribution in [3.8, 4) is 11.5 Å². The third-order valence-corrected chi connectivity index (χ3v) is 5.15. The molecule has 0 saturated carbocycles. The molecule has 7 nitrogen and oxygen atoms in total. The summed E-state index contributed by atoms with van der Waals surface area (Å²) in [6.45, 7) is 0. The molecule has 1 aromatic heterocycles. The van der Waals surface area contributed by atoms with Gasteiger partial charge in [0.05, 0.1) is 37.1 Å². The number of rotatable bonds is 5. The van der Waals surface area contributed by atoms with Gasteiger partial charge in [0.15, 0.2) is 0 Å². The number of carbonyl (C=O) groups is 2. The number of ether oxygens (including phenoxy) is 2. The number of Topliss-reactive ketones (excluding diaryl/α,β-unsaturated/α-hetero) is 1. The smallest absolute Gasteiger partial charge is 0.300 e. The Hall–Kier alpha value is -4.13. The number of methoxy groups -OCH3 is 2.